The van der Waals surface area contributed by atoms with Crippen LogP contribution < -0.4 is 0 Å². The zero-order valence-electron chi connectivity index (χ0n) is 13.9. The molecule has 25 heavy (non-hydrogen) atoms. The molecule has 1 aromatic carbocycles. The third kappa shape index (κ3) is 4.50. The molecule has 0 radical (unpaired) electrons. The normalized spacial score (nSPS) is 22.1. The molecule has 3 amide bonds. The number of hydrogen-bond acceptors (Lipinski definition) is 5. The average Bonchev–Trinajstić information content (AvgIpc) is 3.16. The van der Waals surface area contributed by atoms with E-state index in [2.05, 4.69) is 0 Å². The summed E-state index contributed by atoms with van der Waals surface area (Å²) in [5, 5.41) is 1.57. The number of fused-ring (bicyclic) bond motifs is 2. The smallest absolute Gasteiger partial charge is 0.321 e. The van der Waals surface area contributed by atoms with Gasteiger partial charge in [-0.3, -0.25) is 14.5 Å². The molecule has 3 fully saturated rings. The SMILES string of the molecule is O=C1N2CCCC(C2)N1OCc1ccccc1.O=CN1CCSC1=S. The topological polar surface area (TPSA) is 53.1 Å². The van der Waals surface area contributed by atoms with Crippen LogP contribution in [0.1, 0.15) is 18.4 Å². The van der Waals surface area contributed by atoms with Crippen LogP contribution in [0.5, 0.6) is 0 Å². The van der Waals surface area contributed by atoms with Crippen molar-refractivity contribution >= 4 is 40.7 Å². The quantitative estimate of drug-likeness (QED) is 0.594. The van der Waals surface area contributed by atoms with E-state index in [9.17, 15) is 9.59 Å². The van der Waals surface area contributed by atoms with Crippen molar-refractivity contribution in [3.05, 3.63) is 35.9 Å². The van der Waals surface area contributed by atoms with E-state index in [4.69, 9.17) is 17.1 Å². The van der Waals surface area contributed by atoms with Gasteiger partial charge in [-0.1, -0.05) is 54.3 Å². The van der Waals surface area contributed by atoms with Crippen molar-refractivity contribution < 1.29 is 14.4 Å². The lowest BCUT2D eigenvalue weighted by molar-refractivity contribution is -0.140. The Morgan fingerprint density at radius 2 is 2.08 bits per heavy atom. The molecule has 8 heteroatoms. The maximum absolute atomic E-state index is 11.9. The van der Waals surface area contributed by atoms with Crippen LogP contribution in [0.2, 0.25) is 0 Å². The number of piperidine rings is 1. The summed E-state index contributed by atoms with van der Waals surface area (Å²) >= 11 is 6.35. The molecule has 3 aliphatic heterocycles. The molecule has 3 saturated heterocycles. The molecule has 134 valence electrons. The van der Waals surface area contributed by atoms with Gasteiger partial charge in [0.25, 0.3) is 0 Å². The number of carbonyl (C=O) groups is 2. The van der Waals surface area contributed by atoms with Gasteiger partial charge in [0.1, 0.15) is 10.9 Å². The first kappa shape index (κ1) is 18.2. The van der Waals surface area contributed by atoms with E-state index < -0.39 is 0 Å². The van der Waals surface area contributed by atoms with E-state index >= 15 is 0 Å². The molecule has 1 unspecified atom stereocenters. The van der Waals surface area contributed by atoms with E-state index in [0.717, 1.165) is 50.2 Å². The van der Waals surface area contributed by atoms with Crippen molar-refractivity contribution in [1.82, 2.24) is 14.9 Å². The highest BCUT2D eigenvalue weighted by Gasteiger charge is 2.40. The minimum atomic E-state index is 0.0310. The van der Waals surface area contributed by atoms with Gasteiger partial charge in [-0.05, 0) is 18.4 Å². The van der Waals surface area contributed by atoms with Crippen molar-refractivity contribution in [3.63, 3.8) is 0 Å². The molecule has 0 aliphatic carbocycles. The number of thioether (sulfide) groups is 1. The van der Waals surface area contributed by atoms with Crippen molar-refractivity contribution in [3.8, 4) is 0 Å². The van der Waals surface area contributed by atoms with Crippen LogP contribution >= 0.6 is 24.0 Å². The molecule has 3 aliphatic rings. The van der Waals surface area contributed by atoms with Gasteiger partial charge in [-0.15, -0.1) is 0 Å². The highest BCUT2D eigenvalue weighted by atomic mass is 32.2. The Morgan fingerprint density at radius 3 is 2.68 bits per heavy atom. The predicted octanol–water partition coefficient (Wildman–Crippen LogP) is 2.49. The van der Waals surface area contributed by atoms with E-state index in [-0.39, 0.29) is 12.1 Å². The first-order valence-electron chi connectivity index (χ1n) is 8.32. The lowest BCUT2D eigenvalue weighted by atomic mass is 10.1. The van der Waals surface area contributed by atoms with Crippen LogP contribution in [0.15, 0.2) is 30.3 Å². The molecular formula is C17H21N3O3S2. The number of carbonyl (C=O) groups excluding carboxylic acids is 2. The van der Waals surface area contributed by atoms with Gasteiger partial charge in [0.15, 0.2) is 0 Å². The van der Waals surface area contributed by atoms with Crippen LogP contribution in [0.4, 0.5) is 4.79 Å². The average molecular weight is 380 g/mol. The summed E-state index contributed by atoms with van der Waals surface area (Å²) in [6, 6.07) is 10.2. The van der Waals surface area contributed by atoms with Gasteiger partial charge >= 0.3 is 6.03 Å². The van der Waals surface area contributed by atoms with Gasteiger partial charge < -0.3 is 4.90 Å². The van der Waals surface area contributed by atoms with Gasteiger partial charge in [0, 0.05) is 25.4 Å². The maximum Gasteiger partial charge on any atom is 0.344 e. The van der Waals surface area contributed by atoms with E-state index in [1.807, 2.05) is 35.2 Å². The maximum atomic E-state index is 11.9. The molecule has 0 aromatic heterocycles. The molecule has 6 nitrogen and oxygen atoms in total. The van der Waals surface area contributed by atoms with E-state index in [1.54, 1.807) is 21.7 Å². The monoisotopic (exact) mass is 379 g/mol. The molecule has 3 heterocycles. The molecule has 0 saturated carbocycles. The Bertz CT molecular complexity index is 629. The second-order valence-corrected chi connectivity index (χ2v) is 7.75. The molecule has 2 bridgehead atoms. The fraction of sp³-hybridized carbons (Fsp3) is 0.471. The van der Waals surface area contributed by atoms with Crippen molar-refractivity contribution in [2.24, 2.45) is 0 Å². The summed E-state index contributed by atoms with van der Waals surface area (Å²) < 4.78 is 0.708. The lowest BCUT2D eigenvalue weighted by Crippen LogP contribution is -2.33. The van der Waals surface area contributed by atoms with Crippen LogP contribution in [0.3, 0.4) is 0 Å². The summed E-state index contributed by atoms with van der Waals surface area (Å²) in [7, 11) is 0. The van der Waals surface area contributed by atoms with Gasteiger partial charge in [-0.25, -0.2) is 4.79 Å². The summed E-state index contributed by atoms with van der Waals surface area (Å²) in [6.45, 7) is 2.96. The van der Waals surface area contributed by atoms with E-state index in [1.165, 1.54) is 0 Å². The van der Waals surface area contributed by atoms with E-state index in [0.29, 0.717) is 10.9 Å². The number of benzene rings is 1. The number of thiocarbonyl (C=S) groups is 1. The van der Waals surface area contributed by atoms with Crippen molar-refractivity contribution in [2.75, 3.05) is 25.4 Å². The van der Waals surface area contributed by atoms with Gasteiger partial charge in [0.2, 0.25) is 6.41 Å². The Hall–Kier alpha value is -1.64. The predicted molar refractivity (Wildman–Crippen MR) is 101 cm³/mol. The highest BCUT2D eigenvalue weighted by molar-refractivity contribution is 8.23. The second-order valence-electron chi connectivity index (χ2n) is 6.02. The largest absolute Gasteiger partial charge is 0.344 e. The molecule has 0 spiro atoms. The van der Waals surface area contributed by atoms with Crippen molar-refractivity contribution in [1.29, 1.82) is 0 Å². The summed E-state index contributed by atoms with van der Waals surface area (Å²) in [6.07, 6.45) is 2.92. The summed E-state index contributed by atoms with van der Waals surface area (Å²) in [5.74, 6) is 0.956. The molecule has 1 aromatic rings. The fourth-order valence-electron chi connectivity index (χ4n) is 3.00. The first-order chi connectivity index (χ1) is 12.2. The number of nitrogens with zero attached hydrogens (tertiary/aromatic N) is 3. The van der Waals surface area contributed by atoms with Gasteiger partial charge in [-0.2, -0.15) is 5.06 Å². The van der Waals surface area contributed by atoms with Crippen LogP contribution in [-0.2, 0) is 16.2 Å². The number of hydroxylamine groups is 2. The Labute approximate surface area is 157 Å². The highest BCUT2D eigenvalue weighted by Crippen LogP contribution is 2.26. The molecule has 0 N–H and O–H groups in total. The Kier molecular flexibility index (Phi) is 6.28. The number of urea groups is 1. The first-order valence-corrected chi connectivity index (χ1v) is 9.72. The Morgan fingerprint density at radius 1 is 1.28 bits per heavy atom. The molecule has 4 rings (SSSR count). The summed E-state index contributed by atoms with van der Waals surface area (Å²) in [5.41, 5.74) is 1.09. The lowest BCUT2D eigenvalue weighted by Gasteiger charge is -2.22. The third-order valence-electron chi connectivity index (χ3n) is 4.32. The number of hydrogen-bond donors (Lipinski definition) is 0. The minimum Gasteiger partial charge on any atom is -0.321 e. The Balaban J connectivity index is 0.000000192. The number of rotatable bonds is 4. The summed E-state index contributed by atoms with van der Waals surface area (Å²) in [4.78, 5) is 31.1. The zero-order chi connectivity index (χ0) is 17.6. The van der Waals surface area contributed by atoms with Crippen LogP contribution in [0, 0.1) is 0 Å². The van der Waals surface area contributed by atoms with Crippen molar-refractivity contribution in [2.45, 2.75) is 25.5 Å². The fourth-order valence-corrected chi connectivity index (χ4v) is 4.14. The van der Waals surface area contributed by atoms with Crippen LogP contribution in [-0.4, -0.2) is 63.1 Å². The molecule has 1 atom stereocenters. The van der Waals surface area contributed by atoms with Crippen LogP contribution in [0.25, 0.3) is 0 Å². The zero-order valence-corrected chi connectivity index (χ0v) is 15.5. The van der Waals surface area contributed by atoms with Gasteiger partial charge in [0.05, 0.1) is 6.04 Å². The second kappa shape index (κ2) is 8.64. The number of amides is 3. The molecular weight excluding hydrogens is 358 g/mol. The minimum absolute atomic E-state index is 0.0310. The third-order valence-corrected chi connectivity index (χ3v) is 5.78. The standard InChI is InChI=1S/C13H16N2O2.C4H5NOS2/c16-13-14-8-4-7-12(9-14)15(13)17-10-11-5-2-1-3-6-11;6-3-5-1-2-8-4(5)7/h1-3,5-6,12H,4,7-10H2;3H,1-2H2.